The van der Waals surface area contributed by atoms with Crippen molar-refractivity contribution in [2.75, 3.05) is 39.8 Å². The molecule has 1 saturated heterocycles. The van der Waals surface area contributed by atoms with E-state index in [0.29, 0.717) is 6.54 Å². The number of benzene rings is 1. The summed E-state index contributed by atoms with van der Waals surface area (Å²) in [4.78, 5) is 14.6. The second kappa shape index (κ2) is 8.13. The van der Waals surface area contributed by atoms with Crippen LogP contribution >= 0.6 is 0 Å². The molecule has 2 aliphatic rings. The fraction of sp³-hybridized carbons (Fsp3) is 0.650. The van der Waals surface area contributed by atoms with Gasteiger partial charge in [0.15, 0.2) is 0 Å². The number of likely N-dealkylation sites (tertiary alicyclic amines) is 1. The van der Waals surface area contributed by atoms with Crippen LogP contribution in [0.5, 0.6) is 0 Å². The van der Waals surface area contributed by atoms with Gasteiger partial charge in [-0.1, -0.05) is 30.3 Å². The van der Waals surface area contributed by atoms with E-state index in [0.717, 1.165) is 32.1 Å². The molecule has 132 valence electrons. The number of nitrogens with one attached hydrogen (secondary N) is 2. The molecule has 3 rings (SSSR count). The molecule has 1 aliphatic carbocycles. The largest absolute Gasteiger partial charge is 0.354 e. The van der Waals surface area contributed by atoms with Crippen molar-refractivity contribution in [2.45, 2.75) is 37.5 Å². The minimum absolute atomic E-state index is 0.186. The lowest BCUT2D eigenvalue weighted by molar-refractivity contribution is -0.122. The van der Waals surface area contributed by atoms with E-state index < -0.39 is 0 Å². The van der Waals surface area contributed by atoms with Gasteiger partial charge in [0.05, 0.1) is 6.54 Å². The molecule has 4 heteroatoms. The van der Waals surface area contributed by atoms with Crippen molar-refractivity contribution >= 4 is 5.91 Å². The quantitative estimate of drug-likeness (QED) is 0.768. The fourth-order valence-electron chi connectivity index (χ4n) is 3.82. The molecule has 0 spiro atoms. The third-order valence-corrected chi connectivity index (χ3v) is 5.74. The van der Waals surface area contributed by atoms with Gasteiger partial charge in [-0.3, -0.25) is 9.69 Å². The van der Waals surface area contributed by atoms with E-state index in [-0.39, 0.29) is 11.3 Å². The van der Waals surface area contributed by atoms with E-state index in [9.17, 15) is 4.79 Å². The summed E-state index contributed by atoms with van der Waals surface area (Å²) < 4.78 is 0. The minimum atomic E-state index is 0.186. The van der Waals surface area contributed by atoms with Crippen LogP contribution in [0.2, 0.25) is 0 Å². The third-order valence-electron chi connectivity index (χ3n) is 5.74. The van der Waals surface area contributed by atoms with Gasteiger partial charge >= 0.3 is 0 Å². The molecular formula is C20H31N3O. The van der Waals surface area contributed by atoms with Gasteiger partial charge in [0.25, 0.3) is 0 Å². The molecule has 1 heterocycles. The highest BCUT2D eigenvalue weighted by Crippen LogP contribution is 2.47. The number of carbonyl (C=O) groups excluding carboxylic acids is 1. The molecule has 1 aromatic carbocycles. The normalized spacial score (nSPS) is 20.7. The second-order valence-electron chi connectivity index (χ2n) is 7.53. The molecule has 1 aromatic rings. The molecule has 1 amide bonds. The molecule has 2 N–H and O–H groups in total. The van der Waals surface area contributed by atoms with Crippen LogP contribution in [0, 0.1) is 5.92 Å². The Morgan fingerprint density at radius 3 is 2.54 bits per heavy atom. The minimum Gasteiger partial charge on any atom is -0.354 e. The maximum absolute atomic E-state index is 12.3. The molecule has 0 bridgehead atoms. The van der Waals surface area contributed by atoms with Crippen molar-refractivity contribution < 1.29 is 4.79 Å². The van der Waals surface area contributed by atoms with Crippen LogP contribution in [-0.2, 0) is 10.2 Å². The number of hydrogen-bond donors (Lipinski definition) is 2. The Labute approximate surface area is 146 Å². The summed E-state index contributed by atoms with van der Waals surface area (Å²) in [7, 11) is 2.02. The number of nitrogens with zero attached hydrogens (tertiary/aromatic N) is 1. The van der Waals surface area contributed by atoms with Crippen LogP contribution in [0.3, 0.4) is 0 Å². The highest BCUT2D eigenvalue weighted by molar-refractivity contribution is 5.78. The molecule has 1 saturated carbocycles. The van der Waals surface area contributed by atoms with E-state index in [1.165, 1.54) is 37.7 Å². The van der Waals surface area contributed by atoms with E-state index in [1.54, 1.807) is 0 Å². The zero-order chi connectivity index (χ0) is 16.8. The zero-order valence-electron chi connectivity index (χ0n) is 14.9. The predicted octanol–water partition coefficient (Wildman–Crippen LogP) is 2.16. The highest BCUT2D eigenvalue weighted by Gasteiger charge is 2.44. The molecule has 0 unspecified atom stereocenters. The number of rotatable bonds is 8. The summed E-state index contributed by atoms with van der Waals surface area (Å²) in [5.74, 6) is 1.01. The summed E-state index contributed by atoms with van der Waals surface area (Å²) in [6.45, 7) is 4.57. The van der Waals surface area contributed by atoms with E-state index in [4.69, 9.17) is 0 Å². The maximum Gasteiger partial charge on any atom is 0.234 e. The van der Waals surface area contributed by atoms with Crippen molar-refractivity contribution in [3.63, 3.8) is 0 Å². The topological polar surface area (TPSA) is 44.4 Å². The average molecular weight is 329 g/mol. The van der Waals surface area contributed by atoms with Crippen LogP contribution in [0.25, 0.3) is 0 Å². The number of amides is 1. The first kappa shape index (κ1) is 17.4. The Balaban J connectivity index is 1.38. The van der Waals surface area contributed by atoms with Crippen molar-refractivity contribution in [1.29, 1.82) is 0 Å². The van der Waals surface area contributed by atoms with Crippen LogP contribution in [0.15, 0.2) is 30.3 Å². The average Bonchev–Trinajstić information content (AvgIpc) is 3.41. The summed E-state index contributed by atoms with van der Waals surface area (Å²) in [6, 6.07) is 10.6. The van der Waals surface area contributed by atoms with Crippen LogP contribution in [0.1, 0.15) is 37.7 Å². The second-order valence-corrected chi connectivity index (χ2v) is 7.53. The van der Waals surface area contributed by atoms with Crippen molar-refractivity contribution in [1.82, 2.24) is 15.5 Å². The molecule has 1 aliphatic heterocycles. The number of hydrogen-bond acceptors (Lipinski definition) is 3. The van der Waals surface area contributed by atoms with Crippen molar-refractivity contribution in [3.8, 4) is 0 Å². The van der Waals surface area contributed by atoms with Crippen LogP contribution < -0.4 is 10.6 Å². The number of piperidine rings is 1. The van der Waals surface area contributed by atoms with E-state index >= 15 is 0 Å². The highest BCUT2D eigenvalue weighted by atomic mass is 16.2. The fourth-order valence-corrected chi connectivity index (χ4v) is 3.82. The maximum atomic E-state index is 12.3. The molecule has 0 radical (unpaired) electrons. The Morgan fingerprint density at radius 2 is 1.92 bits per heavy atom. The van der Waals surface area contributed by atoms with Crippen molar-refractivity contribution in [3.05, 3.63) is 35.9 Å². The molecule has 2 fully saturated rings. The van der Waals surface area contributed by atoms with Gasteiger partial charge in [-0.15, -0.1) is 0 Å². The number of carbonyl (C=O) groups is 1. The van der Waals surface area contributed by atoms with Gasteiger partial charge in [0.1, 0.15) is 0 Å². The van der Waals surface area contributed by atoms with E-state index in [1.807, 2.05) is 7.05 Å². The van der Waals surface area contributed by atoms with Gasteiger partial charge in [-0.05, 0) is 70.3 Å². The lowest BCUT2D eigenvalue weighted by Gasteiger charge is -2.31. The predicted molar refractivity (Wildman–Crippen MR) is 98.1 cm³/mol. The summed E-state index contributed by atoms with van der Waals surface area (Å²) in [5, 5.41) is 6.42. The first-order valence-corrected chi connectivity index (χ1v) is 9.41. The lowest BCUT2D eigenvalue weighted by Crippen LogP contribution is -2.43. The molecule has 0 aromatic heterocycles. The molecular weight excluding hydrogens is 298 g/mol. The van der Waals surface area contributed by atoms with Gasteiger partial charge in [-0.2, -0.15) is 0 Å². The Kier molecular flexibility index (Phi) is 5.90. The Hall–Kier alpha value is -1.39. The third kappa shape index (κ3) is 4.58. The first-order valence-electron chi connectivity index (χ1n) is 9.41. The summed E-state index contributed by atoms with van der Waals surface area (Å²) in [6.07, 6.45) is 6.09. The van der Waals surface area contributed by atoms with Gasteiger partial charge in [0.2, 0.25) is 5.91 Å². The summed E-state index contributed by atoms with van der Waals surface area (Å²) >= 11 is 0. The molecule has 0 atom stereocenters. The van der Waals surface area contributed by atoms with Crippen LogP contribution in [0.4, 0.5) is 0 Å². The lowest BCUT2D eigenvalue weighted by atomic mass is 9.93. The van der Waals surface area contributed by atoms with Gasteiger partial charge in [-0.25, -0.2) is 0 Å². The van der Waals surface area contributed by atoms with Crippen LogP contribution in [-0.4, -0.2) is 50.6 Å². The first-order chi connectivity index (χ1) is 11.7. The van der Waals surface area contributed by atoms with E-state index in [2.05, 4.69) is 45.9 Å². The monoisotopic (exact) mass is 329 g/mol. The van der Waals surface area contributed by atoms with Gasteiger partial charge in [0, 0.05) is 12.0 Å². The van der Waals surface area contributed by atoms with Crippen molar-refractivity contribution in [2.24, 2.45) is 5.92 Å². The Morgan fingerprint density at radius 1 is 1.21 bits per heavy atom. The molecule has 4 nitrogen and oxygen atoms in total. The SMILES string of the molecule is CNCCC1CCN(CC(=O)NCC2(c3ccccc3)CC2)CC1. The smallest absolute Gasteiger partial charge is 0.234 e. The van der Waals surface area contributed by atoms with Gasteiger partial charge < -0.3 is 10.6 Å². The standard InChI is InChI=1S/C20H31N3O/c1-21-12-7-17-8-13-23(14-9-17)15-19(24)22-16-20(10-11-20)18-5-3-2-4-6-18/h2-6,17,21H,7-16H2,1H3,(H,22,24). The molecule has 24 heavy (non-hydrogen) atoms. The Bertz CT molecular complexity index is 519. The summed E-state index contributed by atoms with van der Waals surface area (Å²) in [5.41, 5.74) is 1.58. The zero-order valence-corrected chi connectivity index (χ0v) is 14.9.